The van der Waals surface area contributed by atoms with E-state index < -0.39 is 0 Å². The first kappa shape index (κ1) is 19.2. The van der Waals surface area contributed by atoms with Gasteiger partial charge in [0.25, 0.3) is 0 Å². The molecule has 3 aromatic rings. The van der Waals surface area contributed by atoms with E-state index in [2.05, 4.69) is 15.5 Å². The quantitative estimate of drug-likeness (QED) is 0.564. The van der Waals surface area contributed by atoms with E-state index in [-0.39, 0.29) is 5.91 Å². The molecule has 2 aromatic carbocycles. The number of benzene rings is 2. The van der Waals surface area contributed by atoms with Crippen molar-refractivity contribution in [2.75, 3.05) is 29.6 Å². The van der Waals surface area contributed by atoms with Gasteiger partial charge in [-0.15, -0.1) is 10.2 Å². The van der Waals surface area contributed by atoms with Gasteiger partial charge in [0.1, 0.15) is 5.75 Å². The van der Waals surface area contributed by atoms with Gasteiger partial charge in [-0.3, -0.25) is 4.79 Å². The lowest BCUT2D eigenvalue weighted by molar-refractivity contribution is -0.116. The Morgan fingerprint density at radius 1 is 1.19 bits per heavy atom. The van der Waals surface area contributed by atoms with E-state index in [1.807, 2.05) is 61.5 Å². The van der Waals surface area contributed by atoms with Gasteiger partial charge in [-0.25, -0.2) is 0 Å². The van der Waals surface area contributed by atoms with Crippen molar-refractivity contribution in [3.63, 3.8) is 0 Å². The maximum absolute atomic E-state index is 12.5. The van der Waals surface area contributed by atoms with Crippen molar-refractivity contribution in [2.45, 2.75) is 11.3 Å². The Labute approximate surface area is 166 Å². The van der Waals surface area contributed by atoms with Crippen LogP contribution in [0.25, 0.3) is 0 Å². The maximum atomic E-state index is 12.5. The lowest BCUT2D eigenvalue weighted by Gasteiger charge is -2.20. The van der Waals surface area contributed by atoms with Crippen molar-refractivity contribution in [3.8, 4) is 5.75 Å². The number of methoxy groups -OCH3 is 1. The Morgan fingerprint density at radius 3 is 2.74 bits per heavy atom. The minimum atomic E-state index is 0.0474. The Morgan fingerprint density at radius 2 is 2.00 bits per heavy atom. The summed E-state index contributed by atoms with van der Waals surface area (Å²) in [6.07, 6.45) is 0. The second-order valence-electron chi connectivity index (χ2n) is 5.49. The molecule has 0 bridgehead atoms. The predicted molar refractivity (Wildman–Crippen MR) is 111 cm³/mol. The number of carbonyl (C=O) groups is 1. The molecular weight excluding hydrogens is 380 g/mol. The molecule has 1 N–H and O–H groups in total. The number of para-hydroxylation sites is 1. The summed E-state index contributed by atoms with van der Waals surface area (Å²) in [6.45, 7) is 2.60. The molecule has 6 nitrogen and oxygen atoms in total. The van der Waals surface area contributed by atoms with E-state index in [4.69, 9.17) is 4.74 Å². The summed E-state index contributed by atoms with van der Waals surface area (Å²) in [5.74, 6) is 1.13. The number of carbonyl (C=O) groups excluding carboxylic acids is 1. The number of thioether (sulfide) groups is 1. The minimum Gasteiger partial charge on any atom is -0.497 e. The van der Waals surface area contributed by atoms with Gasteiger partial charge in [-0.2, -0.15) is 0 Å². The van der Waals surface area contributed by atoms with Crippen LogP contribution >= 0.6 is 23.1 Å². The summed E-state index contributed by atoms with van der Waals surface area (Å²) >= 11 is 2.81. The molecule has 0 aliphatic rings. The topological polar surface area (TPSA) is 67.4 Å². The van der Waals surface area contributed by atoms with Crippen LogP contribution in [0.4, 0.5) is 16.5 Å². The molecule has 0 aliphatic carbocycles. The average molecular weight is 401 g/mol. The number of hydrogen-bond acceptors (Lipinski definition) is 7. The SMILES string of the molecule is CCN(C(=O)CSc1nnc(Nc2cccc(OC)c2)s1)c1ccccc1. The van der Waals surface area contributed by atoms with Crippen LogP contribution in [0.2, 0.25) is 0 Å². The Kier molecular flexibility index (Phi) is 6.67. The highest BCUT2D eigenvalue weighted by Crippen LogP contribution is 2.29. The van der Waals surface area contributed by atoms with Crippen LogP contribution in [0.1, 0.15) is 6.92 Å². The molecule has 140 valence electrons. The van der Waals surface area contributed by atoms with Gasteiger partial charge < -0.3 is 15.0 Å². The molecule has 0 atom stereocenters. The highest BCUT2D eigenvalue weighted by Gasteiger charge is 2.15. The van der Waals surface area contributed by atoms with Crippen molar-refractivity contribution in [1.82, 2.24) is 10.2 Å². The lowest BCUT2D eigenvalue weighted by Crippen LogP contribution is -2.32. The molecule has 0 spiro atoms. The first-order valence-electron chi connectivity index (χ1n) is 8.42. The third-order valence-electron chi connectivity index (χ3n) is 3.73. The predicted octanol–water partition coefficient (Wildman–Crippen LogP) is 4.44. The van der Waals surface area contributed by atoms with Gasteiger partial charge in [0.2, 0.25) is 11.0 Å². The fourth-order valence-electron chi connectivity index (χ4n) is 2.46. The normalized spacial score (nSPS) is 10.4. The van der Waals surface area contributed by atoms with Gasteiger partial charge >= 0.3 is 0 Å². The average Bonchev–Trinajstić information content (AvgIpc) is 3.15. The van der Waals surface area contributed by atoms with Crippen molar-refractivity contribution >= 4 is 45.5 Å². The van der Waals surface area contributed by atoms with Crippen molar-refractivity contribution in [2.24, 2.45) is 0 Å². The van der Waals surface area contributed by atoms with Crippen LogP contribution < -0.4 is 15.0 Å². The van der Waals surface area contributed by atoms with E-state index in [0.29, 0.717) is 17.4 Å². The molecule has 0 fully saturated rings. The summed E-state index contributed by atoms with van der Waals surface area (Å²) < 4.78 is 5.96. The third kappa shape index (κ3) is 5.21. The molecule has 1 amide bonds. The van der Waals surface area contributed by atoms with Gasteiger partial charge in [0.15, 0.2) is 4.34 Å². The van der Waals surface area contributed by atoms with Crippen LogP contribution in [0.5, 0.6) is 5.75 Å². The molecule has 0 saturated heterocycles. The van der Waals surface area contributed by atoms with Crippen LogP contribution in [-0.4, -0.2) is 35.5 Å². The number of rotatable bonds is 8. The maximum Gasteiger partial charge on any atom is 0.237 e. The zero-order valence-electron chi connectivity index (χ0n) is 15.1. The summed E-state index contributed by atoms with van der Waals surface area (Å²) in [7, 11) is 1.63. The zero-order chi connectivity index (χ0) is 19.1. The van der Waals surface area contributed by atoms with Crippen LogP contribution in [0.15, 0.2) is 58.9 Å². The Hall–Kier alpha value is -2.58. The molecule has 27 heavy (non-hydrogen) atoms. The van der Waals surface area contributed by atoms with E-state index in [9.17, 15) is 4.79 Å². The van der Waals surface area contributed by atoms with Crippen molar-refractivity contribution in [3.05, 3.63) is 54.6 Å². The highest BCUT2D eigenvalue weighted by molar-refractivity contribution is 8.01. The van der Waals surface area contributed by atoms with Crippen LogP contribution in [0.3, 0.4) is 0 Å². The fourth-order valence-corrected chi connectivity index (χ4v) is 4.10. The van der Waals surface area contributed by atoms with Gasteiger partial charge in [0, 0.05) is 24.0 Å². The molecular formula is C19H20N4O2S2. The van der Waals surface area contributed by atoms with E-state index >= 15 is 0 Å². The summed E-state index contributed by atoms with van der Waals surface area (Å²) in [5, 5.41) is 12.2. The van der Waals surface area contributed by atoms with Crippen LogP contribution in [0, 0.1) is 0 Å². The first-order valence-corrected chi connectivity index (χ1v) is 10.2. The summed E-state index contributed by atoms with van der Waals surface area (Å²) in [5.41, 5.74) is 1.78. The lowest BCUT2D eigenvalue weighted by atomic mass is 10.3. The number of aromatic nitrogens is 2. The standard InChI is InChI=1S/C19H20N4O2S2/c1-3-23(15-9-5-4-6-10-15)17(24)13-26-19-22-21-18(27-19)20-14-8-7-11-16(12-14)25-2/h4-12H,3,13H2,1-2H3,(H,20,21). The number of nitrogens with one attached hydrogen (secondary N) is 1. The third-order valence-corrected chi connectivity index (χ3v) is 5.69. The number of nitrogens with zero attached hydrogens (tertiary/aromatic N) is 3. The number of hydrogen-bond donors (Lipinski definition) is 1. The second-order valence-corrected chi connectivity index (χ2v) is 7.69. The molecule has 1 heterocycles. The van der Waals surface area contributed by atoms with Gasteiger partial charge in [-0.1, -0.05) is 47.4 Å². The van der Waals surface area contributed by atoms with Crippen LogP contribution in [-0.2, 0) is 4.79 Å². The second kappa shape index (κ2) is 9.38. The molecule has 3 rings (SSSR count). The van der Waals surface area contributed by atoms with Crippen molar-refractivity contribution < 1.29 is 9.53 Å². The molecule has 0 saturated carbocycles. The summed E-state index contributed by atoms with van der Waals surface area (Å²) in [4.78, 5) is 14.3. The largest absolute Gasteiger partial charge is 0.497 e. The molecule has 1 aromatic heterocycles. The molecule has 8 heteroatoms. The molecule has 0 aliphatic heterocycles. The smallest absolute Gasteiger partial charge is 0.237 e. The van der Waals surface area contributed by atoms with E-state index in [1.165, 1.54) is 23.1 Å². The highest BCUT2D eigenvalue weighted by atomic mass is 32.2. The first-order chi connectivity index (χ1) is 13.2. The fraction of sp³-hybridized carbons (Fsp3) is 0.211. The minimum absolute atomic E-state index is 0.0474. The van der Waals surface area contributed by atoms with Crippen molar-refractivity contribution in [1.29, 1.82) is 0 Å². The zero-order valence-corrected chi connectivity index (χ0v) is 16.7. The number of amides is 1. The van der Waals surface area contributed by atoms with E-state index in [0.717, 1.165) is 21.5 Å². The monoisotopic (exact) mass is 400 g/mol. The summed E-state index contributed by atoms with van der Waals surface area (Å²) in [6, 6.07) is 17.3. The Bertz CT molecular complexity index is 886. The number of anilines is 3. The number of ether oxygens (including phenoxy) is 1. The molecule has 0 radical (unpaired) electrons. The molecule has 0 unspecified atom stereocenters. The van der Waals surface area contributed by atoms with Gasteiger partial charge in [-0.05, 0) is 31.2 Å². The Balaban J connectivity index is 1.58. The van der Waals surface area contributed by atoms with Gasteiger partial charge in [0.05, 0.1) is 12.9 Å². The van der Waals surface area contributed by atoms with E-state index in [1.54, 1.807) is 12.0 Å².